The van der Waals surface area contributed by atoms with Gasteiger partial charge in [-0.3, -0.25) is 0 Å². The largest absolute Gasteiger partial charge is 0.463 e. The third-order valence-electron chi connectivity index (χ3n) is 1.88. The number of nitrogens with zero attached hydrogens (tertiary/aromatic N) is 1. The molecule has 15 heavy (non-hydrogen) atoms. The molecular formula is C11H15NO3. The van der Waals surface area contributed by atoms with Crippen LogP contribution < -0.4 is 0 Å². The van der Waals surface area contributed by atoms with Crippen LogP contribution in [0.2, 0.25) is 0 Å². The van der Waals surface area contributed by atoms with Gasteiger partial charge in [-0.05, 0) is 25.1 Å². The van der Waals surface area contributed by atoms with Crippen molar-refractivity contribution in [3.8, 4) is 0 Å². The minimum atomic E-state index is -0.353. The second kappa shape index (κ2) is 6.03. The second-order valence-corrected chi connectivity index (χ2v) is 2.94. The highest BCUT2D eigenvalue weighted by atomic mass is 16.5. The molecule has 0 bridgehead atoms. The summed E-state index contributed by atoms with van der Waals surface area (Å²) in [6.45, 7) is 2.74. The average Bonchev–Trinajstić information content (AvgIpc) is 2.64. The fourth-order valence-corrected chi connectivity index (χ4v) is 1.23. The molecule has 1 N–H and O–H groups in total. The Morgan fingerprint density at radius 1 is 1.67 bits per heavy atom. The maximum atomic E-state index is 11.0. The molecule has 1 aromatic heterocycles. The summed E-state index contributed by atoms with van der Waals surface area (Å²) >= 11 is 0. The Balaban J connectivity index is 2.62. The number of aliphatic hydroxyl groups excluding tert-OH is 1. The molecule has 0 unspecified atom stereocenters. The van der Waals surface area contributed by atoms with E-state index in [0.717, 1.165) is 5.69 Å². The minimum absolute atomic E-state index is 0.0783. The van der Waals surface area contributed by atoms with Crippen LogP contribution in [-0.2, 0) is 16.1 Å². The van der Waals surface area contributed by atoms with Gasteiger partial charge in [0.15, 0.2) is 0 Å². The van der Waals surface area contributed by atoms with Crippen LogP contribution in [0.1, 0.15) is 12.6 Å². The van der Waals surface area contributed by atoms with E-state index in [4.69, 9.17) is 9.84 Å². The summed E-state index contributed by atoms with van der Waals surface area (Å²) in [4.78, 5) is 11.0. The summed E-state index contributed by atoms with van der Waals surface area (Å²) in [6.07, 6.45) is 4.90. The Morgan fingerprint density at radius 2 is 2.47 bits per heavy atom. The van der Waals surface area contributed by atoms with Crippen molar-refractivity contribution in [3.05, 3.63) is 30.1 Å². The molecule has 4 heteroatoms. The van der Waals surface area contributed by atoms with Crippen LogP contribution in [0.5, 0.6) is 0 Å². The molecular weight excluding hydrogens is 194 g/mol. The zero-order chi connectivity index (χ0) is 11.1. The van der Waals surface area contributed by atoms with Crippen molar-refractivity contribution in [3.63, 3.8) is 0 Å². The summed E-state index contributed by atoms with van der Waals surface area (Å²) in [7, 11) is 0. The molecule has 0 saturated heterocycles. The fraction of sp³-hybridized carbons (Fsp3) is 0.364. The highest BCUT2D eigenvalue weighted by molar-refractivity contribution is 5.86. The summed E-state index contributed by atoms with van der Waals surface area (Å²) in [5, 5.41) is 8.79. The van der Waals surface area contributed by atoms with Crippen LogP contribution in [0.15, 0.2) is 24.4 Å². The number of aliphatic hydroxyl groups is 1. The van der Waals surface area contributed by atoms with Crippen LogP contribution >= 0.6 is 0 Å². The molecule has 4 nitrogen and oxygen atoms in total. The van der Waals surface area contributed by atoms with Crippen LogP contribution in [-0.4, -0.2) is 28.9 Å². The van der Waals surface area contributed by atoms with E-state index in [2.05, 4.69) is 0 Å². The first-order chi connectivity index (χ1) is 7.27. The van der Waals surface area contributed by atoms with E-state index in [1.54, 1.807) is 13.0 Å². The van der Waals surface area contributed by atoms with Crippen molar-refractivity contribution in [2.24, 2.45) is 0 Å². The summed E-state index contributed by atoms with van der Waals surface area (Å²) in [6, 6.07) is 3.73. The van der Waals surface area contributed by atoms with Crippen LogP contribution in [0.25, 0.3) is 6.08 Å². The van der Waals surface area contributed by atoms with E-state index in [9.17, 15) is 4.79 Å². The topological polar surface area (TPSA) is 51.5 Å². The Kier molecular flexibility index (Phi) is 4.63. The molecule has 0 aliphatic carbocycles. The van der Waals surface area contributed by atoms with Gasteiger partial charge < -0.3 is 14.4 Å². The van der Waals surface area contributed by atoms with Crippen LogP contribution in [0.4, 0.5) is 0 Å². The van der Waals surface area contributed by atoms with Gasteiger partial charge in [-0.1, -0.05) is 0 Å². The molecule has 0 amide bonds. The highest BCUT2D eigenvalue weighted by Crippen LogP contribution is 2.04. The molecule has 1 aromatic rings. The zero-order valence-electron chi connectivity index (χ0n) is 8.72. The van der Waals surface area contributed by atoms with E-state index >= 15 is 0 Å². The normalized spacial score (nSPS) is 10.8. The summed E-state index contributed by atoms with van der Waals surface area (Å²) in [5.41, 5.74) is 0.872. The number of ether oxygens (including phenoxy) is 1. The Hall–Kier alpha value is -1.55. The van der Waals surface area contributed by atoms with Gasteiger partial charge in [-0.2, -0.15) is 0 Å². The maximum Gasteiger partial charge on any atom is 0.330 e. The van der Waals surface area contributed by atoms with E-state index in [1.807, 2.05) is 22.9 Å². The lowest BCUT2D eigenvalue weighted by Crippen LogP contribution is -2.03. The maximum absolute atomic E-state index is 11.0. The molecule has 0 aliphatic heterocycles. The fourth-order valence-electron chi connectivity index (χ4n) is 1.23. The van der Waals surface area contributed by atoms with Gasteiger partial charge in [0.05, 0.1) is 13.2 Å². The van der Waals surface area contributed by atoms with Crippen molar-refractivity contribution in [2.75, 3.05) is 13.2 Å². The zero-order valence-corrected chi connectivity index (χ0v) is 8.72. The van der Waals surface area contributed by atoms with Crippen molar-refractivity contribution < 1.29 is 14.6 Å². The first kappa shape index (κ1) is 11.5. The number of carbonyl (C=O) groups excluding carboxylic acids is 1. The lowest BCUT2D eigenvalue weighted by atomic mass is 10.3. The molecule has 1 heterocycles. The first-order valence-corrected chi connectivity index (χ1v) is 4.88. The van der Waals surface area contributed by atoms with Gasteiger partial charge in [0, 0.05) is 24.5 Å². The van der Waals surface area contributed by atoms with Crippen LogP contribution in [0, 0.1) is 0 Å². The SMILES string of the molecule is CCOC(=O)C=Cc1cccn1CCO. The number of carbonyl (C=O) groups is 1. The molecule has 0 spiro atoms. The lowest BCUT2D eigenvalue weighted by Gasteiger charge is -2.02. The smallest absolute Gasteiger partial charge is 0.330 e. The number of aromatic nitrogens is 1. The monoisotopic (exact) mass is 209 g/mol. The number of rotatable bonds is 5. The predicted molar refractivity (Wildman–Crippen MR) is 57.2 cm³/mol. The third kappa shape index (κ3) is 3.59. The molecule has 0 atom stereocenters. The second-order valence-electron chi connectivity index (χ2n) is 2.94. The molecule has 1 rings (SSSR count). The van der Waals surface area contributed by atoms with Gasteiger partial charge in [0.1, 0.15) is 0 Å². The quantitative estimate of drug-likeness (QED) is 0.582. The van der Waals surface area contributed by atoms with Gasteiger partial charge in [0.25, 0.3) is 0 Å². The van der Waals surface area contributed by atoms with Gasteiger partial charge >= 0.3 is 5.97 Å². The predicted octanol–water partition coefficient (Wildman–Crippen LogP) is 1.06. The van der Waals surface area contributed by atoms with E-state index < -0.39 is 0 Å². The molecule has 0 aromatic carbocycles. The number of hydrogen-bond acceptors (Lipinski definition) is 3. The summed E-state index contributed by atoms with van der Waals surface area (Å²) in [5.74, 6) is -0.353. The molecule has 0 radical (unpaired) electrons. The highest BCUT2D eigenvalue weighted by Gasteiger charge is 1.98. The van der Waals surface area contributed by atoms with Gasteiger partial charge in [-0.25, -0.2) is 4.79 Å². The van der Waals surface area contributed by atoms with E-state index in [0.29, 0.717) is 13.2 Å². The number of hydrogen-bond donors (Lipinski definition) is 1. The summed E-state index contributed by atoms with van der Waals surface area (Å²) < 4.78 is 6.61. The standard InChI is InChI=1S/C11H15NO3/c1-2-15-11(14)6-5-10-4-3-7-12(10)8-9-13/h3-7,13H,2,8-9H2,1H3. The van der Waals surface area contributed by atoms with Crippen molar-refractivity contribution in [1.82, 2.24) is 4.57 Å². The Labute approximate surface area is 88.8 Å². The van der Waals surface area contributed by atoms with E-state index in [-0.39, 0.29) is 12.6 Å². The van der Waals surface area contributed by atoms with Gasteiger partial charge in [-0.15, -0.1) is 0 Å². The van der Waals surface area contributed by atoms with E-state index in [1.165, 1.54) is 6.08 Å². The van der Waals surface area contributed by atoms with Crippen molar-refractivity contribution in [2.45, 2.75) is 13.5 Å². The van der Waals surface area contributed by atoms with Crippen LogP contribution in [0.3, 0.4) is 0 Å². The molecule has 82 valence electrons. The number of esters is 1. The minimum Gasteiger partial charge on any atom is -0.463 e. The first-order valence-electron chi connectivity index (χ1n) is 4.88. The lowest BCUT2D eigenvalue weighted by molar-refractivity contribution is -0.137. The molecule has 0 fully saturated rings. The Morgan fingerprint density at radius 3 is 3.13 bits per heavy atom. The van der Waals surface area contributed by atoms with Crippen molar-refractivity contribution >= 4 is 12.0 Å². The average molecular weight is 209 g/mol. The third-order valence-corrected chi connectivity index (χ3v) is 1.88. The Bertz CT molecular complexity index is 341. The molecule has 0 saturated carbocycles. The van der Waals surface area contributed by atoms with Gasteiger partial charge in [0.2, 0.25) is 0 Å². The molecule has 0 aliphatic rings. The van der Waals surface area contributed by atoms with Crippen molar-refractivity contribution in [1.29, 1.82) is 0 Å².